The molecular weight excluding hydrogens is 274 g/mol. The van der Waals surface area contributed by atoms with Gasteiger partial charge in [0.2, 0.25) is 5.00 Å². The number of nitrogens with zero attached hydrogens (tertiary/aromatic N) is 1. The number of carbonyl (C=O) groups excluding carboxylic acids is 1. The number of para-hydroxylation sites is 1. The Morgan fingerprint density at radius 3 is 2.20 bits per heavy atom. The molecule has 0 radical (unpaired) electrons. The van der Waals surface area contributed by atoms with Gasteiger partial charge in [0.15, 0.2) is 0 Å². The van der Waals surface area contributed by atoms with E-state index >= 15 is 0 Å². The molecule has 4 heteroatoms. The Hall–Kier alpha value is -2.00. The van der Waals surface area contributed by atoms with E-state index in [-0.39, 0.29) is 6.04 Å². The minimum absolute atomic E-state index is 0.208. The highest BCUT2D eigenvalue weighted by Crippen LogP contribution is 2.59. The van der Waals surface area contributed by atoms with Crippen LogP contribution in [0.15, 0.2) is 60.7 Å². The van der Waals surface area contributed by atoms with Crippen LogP contribution in [0.2, 0.25) is 0 Å². The predicted molar refractivity (Wildman–Crippen MR) is 78.7 cm³/mol. The molecule has 0 amide bonds. The summed E-state index contributed by atoms with van der Waals surface area (Å²) in [7, 11) is 1.36. The topological polar surface area (TPSA) is 29.3 Å². The highest BCUT2D eigenvalue weighted by molar-refractivity contribution is 6.40. The number of hydrogen-bond donors (Lipinski definition) is 0. The molecule has 0 aromatic heterocycles. The summed E-state index contributed by atoms with van der Waals surface area (Å²) in [6.07, 6.45) is 0. The summed E-state index contributed by atoms with van der Waals surface area (Å²) in [6, 6.07) is 19.2. The minimum atomic E-state index is -1.16. The molecule has 2 atom stereocenters. The van der Waals surface area contributed by atoms with E-state index in [2.05, 4.69) is 0 Å². The average Bonchev–Trinajstić information content (AvgIpc) is 3.15. The van der Waals surface area contributed by atoms with Crippen molar-refractivity contribution in [3.63, 3.8) is 0 Å². The lowest BCUT2D eigenvalue weighted by Gasteiger charge is -2.08. The Bertz CT molecular complexity index is 569. The molecule has 3 nitrogen and oxygen atoms in total. The van der Waals surface area contributed by atoms with E-state index in [1.54, 1.807) is 0 Å². The lowest BCUT2D eigenvalue weighted by atomic mass is 10.1. The van der Waals surface area contributed by atoms with Crippen molar-refractivity contribution in [3.8, 4) is 0 Å². The van der Waals surface area contributed by atoms with Gasteiger partial charge in [-0.1, -0.05) is 60.1 Å². The van der Waals surface area contributed by atoms with Crippen molar-refractivity contribution in [1.29, 1.82) is 0 Å². The van der Waals surface area contributed by atoms with Crippen molar-refractivity contribution < 1.29 is 9.53 Å². The molecule has 0 saturated carbocycles. The van der Waals surface area contributed by atoms with Crippen LogP contribution in [-0.2, 0) is 9.53 Å². The molecule has 1 fully saturated rings. The lowest BCUT2D eigenvalue weighted by Crippen LogP contribution is -2.24. The molecular formula is C16H14ClNO2. The van der Waals surface area contributed by atoms with E-state index in [1.165, 1.54) is 7.11 Å². The van der Waals surface area contributed by atoms with E-state index in [0.29, 0.717) is 0 Å². The quantitative estimate of drug-likeness (QED) is 0.375. The first-order valence-electron chi connectivity index (χ1n) is 6.36. The van der Waals surface area contributed by atoms with Gasteiger partial charge in [0.25, 0.3) is 0 Å². The molecule has 3 rings (SSSR count). The Labute approximate surface area is 122 Å². The van der Waals surface area contributed by atoms with Crippen LogP contribution in [0.3, 0.4) is 0 Å². The Kier molecular flexibility index (Phi) is 3.14. The number of alkyl halides is 1. The molecule has 1 heterocycles. The van der Waals surface area contributed by atoms with E-state index < -0.39 is 11.0 Å². The molecule has 0 unspecified atom stereocenters. The van der Waals surface area contributed by atoms with Crippen LogP contribution in [0.5, 0.6) is 0 Å². The molecule has 102 valence electrons. The fraction of sp³-hybridized carbons (Fsp3) is 0.188. The maximum Gasteiger partial charge on any atom is 0.350 e. The number of rotatable bonds is 3. The summed E-state index contributed by atoms with van der Waals surface area (Å²) in [6.45, 7) is 0. The molecule has 0 bridgehead atoms. The summed E-state index contributed by atoms with van der Waals surface area (Å²) in [5.41, 5.74) is 1.90. The monoisotopic (exact) mass is 287 g/mol. The minimum Gasteiger partial charge on any atom is -0.466 e. The Morgan fingerprint density at radius 1 is 1.10 bits per heavy atom. The maximum atomic E-state index is 12.1. The second kappa shape index (κ2) is 4.84. The van der Waals surface area contributed by atoms with Gasteiger partial charge in [-0.25, -0.2) is 4.79 Å². The number of anilines is 1. The largest absolute Gasteiger partial charge is 0.466 e. The third-order valence-corrected chi connectivity index (χ3v) is 4.07. The highest BCUT2D eigenvalue weighted by atomic mass is 35.5. The number of methoxy groups -OCH3 is 1. The summed E-state index contributed by atoms with van der Waals surface area (Å²) in [4.78, 5) is 12.8. The van der Waals surface area contributed by atoms with Crippen LogP contribution >= 0.6 is 11.6 Å². The first-order valence-corrected chi connectivity index (χ1v) is 6.74. The van der Waals surface area contributed by atoms with Gasteiger partial charge in [-0.2, -0.15) is 0 Å². The van der Waals surface area contributed by atoms with Crippen molar-refractivity contribution in [2.45, 2.75) is 11.0 Å². The lowest BCUT2D eigenvalue weighted by molar-refractivity contribution is -0.141. The normalized spacial score (nSPS) is 24.3. The van der Waals surface area contributed by atoms with Crippen molar-refractivity contribution in [2.75, 3.05) is 12.0 Å². The third-order valence-electron chi connectivity index (χ3n) is 3.52. The SMILES string of the molecule is COC(=O)[C@@]1(Cl)[C@H](c2ccccc2)N1c1ccccc1. The van der Waals surface area contributed by atoms with Gasteiger partial charge in [0.05, 0.1) is 7.11 Å². The number of hydrogen-bond acceptors (Lipinski definition) is 3. The van der Waals surface area contributed by atoms with Gasteiger partial charge in [-0.3, -0.25) is 0 Å². The zero-order chi connectivity index (χ0) is 14.2. The van der Waals surface area contributed by atoms with Crippen LogP contribution in [-0.4, -0.2) is 18.1 Å². The van der Waals surface area contributed by atoms with Gasteiger partial charge < -0.3 is 9.64 Å². The van der Waals surface area contributed by atoms with E-state index in [9.17, 15) is 4.79 Å². The molecule has 0 spiro atoms. The number of ether oxygens (including phenoxy) is 1. The molecule has 0 aliphatic carbocycles. The number of benzene rings is 2. The molecule has 20 heavy (non-hydrogen) atoms. The van der Waals surface area contributed by atoms with E-state index in [0.717, 1.165) is 11.3 Å². The van der Waals surface area contributed by atoms with Crippen LogP contribution in [0, 0.1) is 0 Å². The summed E-state index contributed by atoms with van der Waals surface area (Å²) < 4.78 is 4.87. The van der Waals surface area contributed by atoms with Crippen molar-refractivity contribution in [1.82, 2.24) is 0 Å². The number of carbonyl (C=O) groups is 1. The predicted octanol–water partition coefficient (Wildman–Crippen LogP) is 3.36. The van der Waals surface area contributed by atoms with Crippen LogP contribution in [0.25, 0.3) is 0 Å². The molecule has 1 saturated heterocycles. The summed E-state index contributed by atoms with van der Waals surface area (Å²) in [5.74, 6) is -0.433. The van der Waals surface area contributed by atoms with E-state index in [4.69, 9.17) is 16.3 Å². The van der Waals surface area contributed by atoms with Crippen LogP contribution < -0.4 is 4.90 Å². The molecule has 1 aliphatic heterocycles. The van der Waals surface area contributed by atoms with Gasteiger partial charge >= 0.3 is 5.97 Å². The maximum absolute atomic E-state index is 12.1. The zero-order valence-electron chi connectivity index (χ0n) is 11.0. The number of halogens is 1. The average molecular weight is 288 g/mol. The Morgan fingerprint density at radius 2 is 1.65 bits per heavy atom. The van der Waals surface area contributed by atoms with Gasteiger partial charge in [0, 0.05) is 5.69 Å². The van der Waals surface area contributed by atoms with Crippen molar-refractivity contribution >= 4 is 23.3 Å². The molecule has 2 aromatic rings. The second-order valence-corrected chi connectivity index (χ2v) is 5.26. The molecule has 1 aliphatic rings. The fourth-order valence-corrected chi connectivity index (χ4v) is 3.00. The van der Waals surface area contributed by atoms with Crippen molar-refractivity contribution in [2.24, 2.45) is 0 Å². The third kappa shape index (κ3) is 1.86. The van der Waals surface area contributed by atoms with E-state index in [1.807, 2.05) is 65.6 Å². The molecule has 2 aromatic carbocycles. The van der Waals surface area contributed by atoms with Gasteiger partial charge in [0.1, 0.15) is 6.04 Å². The second-order valence-electron chi connectivity index (χ2n) is 4.68. The first kappa shape index (κ1) is 13.0. The highest BCUT2D eigenvalue weighted by Gasteiger charge is 2.69. The smallest absolute Gasteiger partial charge is 0.350 e. The zero-order valence-corrected chi connectivity index (χ0v) is 11.7. The standard InChI is InChI=1S/C16H14ClNO2/c1-20-15(19)16(17)14(12-8-4-2-5-9-12)18(16)13-10-6-3-7-11-13/h2-11,14H,1H3/t14-,16+,18?/m0/s1. The summed E-state index contributed by atoms with van der Waals surface area (Å²) >= 11 is 6.55. The van der Waals surface area contributed by atoms with Crippen molar-refractivity contribution in [3.05, 3.63) is 66.2 Å². The Balaban J connectivity index is 2.02. The van der Waals surface area contributed by atoms with Gasteiger partial charge in [-0.15, -0.1) is 0 Å². The first-order chi connectivity index (χ1) is 9.69. The van der Waals surface area contributed by atoms with Crippen LogP contribution in [0.1, 0.15) is 11.6 Å². The number of esters is 1. The molecule has 0 N–H and O–H groups in total. The van der Waals surface area contributed by atoms with Crippen LogP contribution in [0.4, 0.5) is 5.69 Å². The van der Waals surface area contributed by atoms with Gasteiger partial charge in [-0.05, 0) is 17.7 Å². The fourth-order valence-electron chi connectivity index (χ4n) is 2.55. The summed E-state index contributed by atoms with van der Waals surface area (Å²) in [5, 5.41) is 0.